The van der Waals surface area contributed by atoms with Crippen molar-refractivity contribution in [1.29, 1.82) is 0 Å². The molecule has 2 aromatic rings. The Labute approximate surface area is 143 Å². The van der Waals surface area contributed by atoms with Gasteiger partial charge >= 0.3 is 11.9 Å². The number of hydrogen-bond acceptors (Lipinski definition) is 6. The fraction of sp³-hybridized carbons (Fsp3) is 0.214. The van der Waals surface area contributed by atoms with Crippen molar-refractivity contribution in [3.05, 3.63) is 54.1 Å². The van der Waals surface area contributed by atoms with E-state index < -0.39 is 33.3 Å². The second-order valence-corrected chi connectivity index (χ2v) is 6.37. The highest BCUT2D eigenvalue weighted by molar-refractivity contribution is 7.86. The third-order valence-corrected chi connectivity index (χ3v) is 4.01. The lowest BCUT2D eigenvalue weighted by molar-refractivity contribution is -0.139. The van der Waals surface area contributed by atoms with E-state index in [0.29, 0.717) is 0 Å². The molecule has 1 heterocycles. The van der Waals surface area contributed by atoms with E-state index in [4.69, 9.17) is 20.5 Å². The number of nitrogens with two attached hydrogens (primary N) is 1. The number of aliphatic carboxylic acids is 2. The van der Waals surface area contributed by atoms with Crippen molar-refractivity contribution in [3.8, 4) is 0 Å². The summed E-state index contributed by atoms with van der Waals surface area (Å²) in [6.07, 6.45) is 3.34. The Bertz CT molecular complexity index is 791. The molecule has 0 bridgehead atoms. The van der Waals surface area contributed by atoms with Crippen molar-refractivity contribution >= 4 is 22.1 Å². The second-order valence-electron chi connectivity index (χ2n) is 4.87. The third-order valence-electron chi connectivity index (χ3n) is 2.94. The van der Waals surface area contributed by atoms with E-state index in [2.05, 4.69) is 9.97 Å². The number of aromatic nitrogens is 2. The summed E-state index contributed by atoms with van der Waals surface area (Å²) in [4.78, 5) is 27.4. The summed E-state index contributed by atoms with van der Waals surface area (Å²) in [5.74, 6) is -2.60. The highest BCUT2D eigenvalue weighted by Crippen LogP contribution is 2.20. The number of carboxylic acid groups (broad SMARTS) is 2. The molecule has 2 atom stereocenters. The van der Waals surface area contributed by atoms with Crippen LogP contribution in [0, 0.1) is 0 Å². The number of aromatic amines is 1. The predicted octanol–water partition coefficient (Wildman–Crippen LogP) is 0.0642. The lowest BCUT2D eigenvalue weighted by atomic mass is 10.1. The fourth-order valence-electron chi connectivity index (χ4n) is 1.79. The van der Waals surface area contributed by atoms with Gasteiger partial charge in [-0.1, -0.05) is 30.3 Å². The summed E-state index contributed by atoms with van der Waals surface area (Å²) in [7, 11) is -4.62. The zero-order chi connectivity index (χ0) is 19.0. The first kappa shape index (κ1) is 20.3. The first-order chi connectivity index (χ1) is 11.6. The summed E-state index contributed by atoms with van der Waals surface area (Å²) < 4.78 is 30.2. The van der Waals surface area contributed by atoms with Gasteiger partial charge in [-0.2, -0.15) is 8.42 Å². The zero-order valence-electron chi connectivity index (χ0n) is 12.8. The second kappa shape index (κ2) is 8.92. The van der Waals surface area contributed by atoms with Crippen LogP contribution in [0.1, 0.15) is 16.5 Å². The molecular formula is C14H17N3O7S. The Morgan fingerprint density at radius 3 is 2.16 bits per heavy atom. The standard InChI is InChI=1S/C8H8O5S.C6H9N3O2/c9-8(10)7(14(11,12)13)6-4-2-1-3-5-6;7-5(6(10)11)1-4-2-8-3-9-4/h1-5,7H,(H,9,10)(H,11,12,13);2-3,5H,1,7H2,(H,8,9)(H,10,11). The van der Waals surface area contributed by atoms with E-state index in [1.165, 1.54) is 30.6 Å². The van der Waals surface area contributed by atoms with Crippen LogP contribution in [0.15, 0.2) is 42.9 Å². The Balaban J connectivity index is 0.000000257. The van der Waals surface area contributed by atoms with Crippen LogP contribution < -0.4 is 5.73 Å². The molecule has 136 valence electrons. The van der Waals surface area contributed by atoms with Crippen LogP contribution in [0.5, 0.6) is 0 Å². The summed E-state index contributed by atoms with van der Waals surface area (Å²) >= 11 is 0. The number of hydrogen-bond donors (Lipinski definition) is 5. The summed E-state index contributed by atoms with van der Waals surface area (Å²) in [6, 6.07) is 6.41. The Hall–Kier alpha value is -2.76. The molecule has 0 aliphatic carbocycles. The van der Waals surface area contributed by atoms with Gasteiger partial charge in [-0.15, -0.1) is 0 Å². The molecule has 1 aromatic heterocycles. The fourth-order valence-corrected chi connectivity index (χ4v) is 2.55. The van der Waals surface area contributed by atoms with Gasteiger partial charge in [-0.3, -0.25) is 14.1 Å². The van der Waals surface area contributed by atoms with Crippen LogP contribution >= 0.6 is 0 Å². The van der Waals surface area contributed by atoms with E-state index in [9.17, 15) is 18.0 Å². The van der Waals surface area contributed by atoms with Crippen LogP contribution in [0.4, 0.5) is 0 Å². The van der Waals surface area contributed by atoms with Gasteiger partial charge in [0, 0.05) is 18.3 Å². The molecule has 10 nitrogen and oxygen atoms in total. The number of nitrogens with zero attached hydrogens (tertiary/aromatic N) is 1. The topological polar surface area (TPSA) is 184 Å². The van der Waals surface area contributed by atoms with Gasteiger partial charge in [0.2, 0.25) is 5.25 Å². The van der Waals surface area contributed by atoms with Crippen molar-refractivity contribution in [3.63, 3.8) is 0 Å². The van der Waals surface area contributed by atoms with Crippen molar-refractivity contribution in [1.82, 2.24) is 9.97 Å². The molecule has 6 N–H and O–H groups in total. The Kier molecular flexibility index (Phi) is 7.23. The van der Waals surface area contributed by atoms with E-state index in [0.717, 1.165) is 5.69 Å². The zero-order valence-corrected chi connectivity index (χ0v) is 13.6. The highest BCUT2D eigenvalue weighted by Gasteiger charge is 2.32. The maximum atomic E-state index is 10.7. The first-order valence-electron chi connectivity index (χ1n) is 6.82. The molecule has 1 aromatic carbocycles. The minimum absolute atomic E-state index is 0.0301. The number of rotatable bonds is 6. The van der Waals surface area contributed by atoms with Gasteiger partial charge in [0.25, 0.3) is 10.1 Å². The Morgan fingerprint density at radius 2 is 1.76 bits per heavy atom. The molecule has 0 aliphatic heterocycles. The monoisotopic (exact) mass is 371 g/mol. The quantitative estimate of drug-likeness (QED) is 0.438. The van der Waals surface area contributed by atoms with Gasteiger partial charge in [-0.05, 0) is 5.56 Å². The molecule has 2 rings (SSSR count). The third kappa shape index (κ3) is 6.71. The van der Waals surface area contributed by atoms with E-state index >= 15 is 0 Å². The average molecular weight is 371 g/mol. The number of H-pyrrole nitrogens is 1. The lowest BCUT2D eigenvalue weighted by Crippen LogP contribution is -2.32. The van der Waals surface area contributed by atoms with Gasteiger partial charge in [0.05, 0.1) is 6.33 Å². The molecule has 0 spiro atoms. The van der Waals surface area contributed by atoms with Gasteiger partial charge in [-0.25, -0.2) is 4.98 Å². The minimum Gasteiger partial charge on any atom is -0.480 e. The molecule has 2 unspecified atom stereocenters. The molecule has 0 saturated carbocycles. The van der Waals surface area contributed by atoms with Crippen molar-refractivity contribution in [2.24, 2.45) is 5.73 Å². The highest BCUT2D eigenvalue weighted by atomic mass is 32.2. The lowest BCUT2D eigenvalue weighted by Gasteiger charge is -2.08. The number of benzene rings is 1. The molecule has 0 amide bonds. The van der Waals surface area contributed by atoms with Gasteiger partial charge < -0.3 is 20.9 Å². The predicted molar refractivity (Wildman–Crippen MR) is 86.3 cm³/mol. The normalized spacial score (nSPS) is 13.2. The summed E-state index contributed by atoms with van der Waals surface area (Å²) in [6.45, 7) is 0. The van der Waals surface area contributed by atoms with Crippen LogP contribution in [-0.4, -0.2) is 51.1 Å². The van der Waals surface area contributed by atoms with Crippen molar-refractivity contribution in [2.45, 2.75) is 17.7 Å². The van der Waals surface area contributed by atoms with Gasteiger partial charge in [0.1, 0.15) is 6.04 Å². The maximum Gasteiger partial charge on any atom is 0.329 e. The number of carboxylic acids is 2. The minimum atomic E-state index is -4.62. The first-order valence-corrected chi connectivity index (χ1v) is 8.33. The van der Waals surface area contributed by atoms with Crippen LogP contribution in [-0.2, 0) is 26.1 Å². The summed E-state index contributed by atoms with van der Waals surface area (Å²) in [5.41, 5.74) is 6.03. The molecule has 0 saturated heterocycles. The maximum absolute atomic E-state index is 10.7. The molecular weight excluding hydrogens is 354 g/mol. The summed E-state index contributed by atoms with van der Waals surface area (Å²) in [5, 5.41) is 15.1. The number of carbonyl (C=O) groups is 2. The number of imidazole rings is 1. The van der Waals surface area contributed by atoms with Crippen LogP contribution in [0.25, 0.3) is 0 Å². The smallest absolute Gasteiger partial charge is 0.329 e. The number of nitrogens with one attached hydrogen (secondary N) is 1. The Morgan fingerprint density at radius 1 is 1.16 bits per heavy atom. The SMILES string of the molecule is NC(Cc1cnc[nH]1)C(=O)O.O=C(O)C(c1ccccc1)S(=O)(=O)O. The van der Waals surface area contributed by atoms with Crippen molar-refractivity contribution in [2.75, 3.05) is 0 Å². The molecule has 0 aliphatic rings. The van der Waals surface area contributed by atoms with Crippen molar-refractivity contribution < 1.29 is 32.8 Å². The van der Waals surface area contributed by atoms with E-state index in [1.54, 1.807) is 12.3 Å². The molecule has 0 fully saturated rings. The van der Waals surface area contributed by atoms with E-state index in [-0.39, 0.29) is 12.0 Å². The molecule has 25 heavy (non-hydrogen) atoms. The van der Waals surface area contributed by atoms with E-state index in [1.807, 2.05) is 0 Å². The largest absolute Gasteiger partial charge is 0.480 e. The average Bonchev–Trinajstić information content (AvgIpc) is 3.00. The van der Waals surface area contributed by atoms with Crippen LogP contribution in [0.2, 0.25) is 0 Å². The van der Waals surface area contributed by atoms with Gasteiger partial charge in [0.15, 0.2) is 0 Å². The molecule has 11 heteroatoms. The molecule has 0 radical (unpaired) electrons. The van der Waals surface area contributed by atoms with Crippen LogP contribution in [0.3, 0.4) is 0 Å².